The lowest BCUT2D eigenvalue weighted by molar-refractivity contribution is -0.203. The van der Waals surface area contributed by atoms with Crippen LogP contribution in [0.2, 0.25) is 0 Å². The molecule has 24 heavy (non-hydrogen) atoms. The van der Waals surface area contributed by atoms with Crippen molar-refractivity contribution in [1.82, 2.24) is 0 Å². The van der Waals surface area contributed by atoms with Gasteiger partial charge in [-0.2, -0.15) is 0 Å². The Labute approximate surface area is 141 Å². The number of ether oxygens (including phenoxy) is 4. The summed E-state index contributed by atoms with van der Waals surface area (Å²) in [5, 5.41) is 0. The second kappa shape index (κ2) is 6.91. The van der Waals surface area contributed by atoms with Crippen LogP contribution in [0.4, 0.5) is 0 Å². The molecule has 0 radical (unpaired) electrons. The van der Waals surface area contributed by atoms with Gasteiger partial charge in [0.2, 0.25) is 0 Å². The lowest BCUT2D eigenvalue weighted by Gasteiger charge is -2.35. The molecule has 0 N–H and O–H groups in total. The quantitative estimate of drug-likeness (QED) is 0.789. The highest BCUT2D eigenvalue weighted by Crippen LogP contribution is 2.45. The molecule has 1 heterocycles. The molecule has 3 rings (SSSR count). The molecule has 6 nitrogen and oxygen atoms in total. The third-order valence-corrected chi connectivity index (χ3v) is 4.84. The molecule has 1 aliphatic heterocycles. The summed E-state index contributed by atoms with van der Waals surface area (Å²) >= 11 is 0. The van der Waals surface area contributed by atoms with Crippen molar-refractivity contribution >= 4 is 11.9 Å². The van der Waals surface area contributed by atoms with Gasteiger partial charge in [-0.1, -0.05) is 30.3 Å². The summed E-state index contributed by atoms with van der Waals surface area (Å²) in [6.07, 6.45) is 0.824. The number of rotatable bonds is 3. The maximum absolute atomic E-state index is 11.9. The van der Waals surface area contributed by atoms with E-state index in [-0.39, 0.29) is 0 Å². The minimum absolute atomic E-state index is 0.428. The summed E-state index contributed by atoms with van der Waals surface area (Å²) in [5.74, 6) is -1.72. The van der Waals surface area contributed by atoms with E-state index in [1.807, 2.05) is 18.2 Å². The molecule has 130 valence electrons. The smallest absolute Gasteiger partial charge is 0.338 e. The Morgan fingerprint density at radius 1 is 0.958 bits per heavy atom. The number of hydrogen-bond acceptors (Lipinski definition) is 6. The summed E-state index contributed by atoms with van der Waals surface area (Å²) in [6, 6.07) is 10.3. The average Bonchev–Trinajstić information content (AvgIpc) is 3.01. The van der Waals surface area contributed by atoms with Crippen LogP contribution < -0.4 is 0 Å². The molecule has 1 spiro atoms. The predicted octanol–water partition coefficient (Wildman–Crippen LogP) is 2.17. The van der Waals surface area contributed by atoms with Gasteiger partial charge in [0, 0.05) is 12.8 Å². The second-order valence-corrected chi connectivity index (χ2v) is 6.22. The van der Waals surface area contributed by atoms with Gasteiger partial charge in [0.1, 0.15) is 0 Å². The Morgan fingerprint density at radius 2 is 1.46 bits per heavy atom. The Kier molecular flexibility index (Phi) is 4.87. The van der Waals surface area contributed by atoms with Crippen molar-refractivity contribution in [3.63, 3.8) is 0 Å². The lowest BCUT2D eigenvalue weighted by atomic mass is 9.81. The zero-order valence-electron chi connectivity index (χ0n) is 13.9. The number of hydrogen-bond donors (Lipinski definition) is 0. The van der Waals surface area contributed by atoms with E-state index in [1.165, 1.54) is 19.8 Å². The molecule has 6 heteroatoms. The van der Waals surface area contributed by atoms with Crippen LogP contribution in [0.1, 0.15) is 37.2 Å². The largest absolute Gasteiger partial charge is 0.467 e. The molecule has 0 bridgehead atoms. The fourth-order valence-corrected chi connectivity index (χ4v) is 3.54. The van der Waals surface area contributed by atoms with E-state index in [0.29, 0.717) is 18.8 Å². The summed E-state index contributed by atoms with van der Waals surface area (Å²) < 4.78 is 21.2. The van der Waals surface area contributed by atoms with Crippen molar-refractivity contribution < 1.29 is 28.5 Å². The minimum atomic E-state index is -1.07. The van der Waals surface area contributed by atoms with Gasteiger partial charge in [0.25, 0.3) is 0 Å². The summed E-state index contributed by atoms with van der Waals surface area (Å²) in [7, 11) is 2.52. The molecule has 1 aliphatic carbocycles. The maximum Gasteiger partial charge on any atom is 0.338 e. The highest BCUT2D eigenvalue weighted by atomic mass is 16.8. The Morgan fingerprint density at radius 3 is 1.92 bits per heavy atom. The van der Waals surface area contributed by atoms with Crippen LogP contribution in [0.15, 0.2) is 30.3 Å². The van der Waals surface area contributed by atoms with E-state index in [1.54, 1.807) is 0 Å². The van der Waals surface area contributed by atoms with Crippen molar-refractivity contribution in [2.24, 2.45) is 0 Å². The molecule has 2 aliphatic rings. The number of carbonyl (C=O) groups excluding carboxylic acids is 2. The standard InChI is InChI=1S/C18H22O6/c1-21-16(19)14-15(17(20)22-2)24-18(23-14)10-8-13(9-11-18)12-6-4-3-5-7-12/h3-7,13-15H,8-11H2,1-2H3/t14-,15-/m1/s1. The molecule has 1 saturated carbocycles. The van der Waals surface area contributed by atoms with Crippen molar-refractivity contribution in [2.75, 3.05) is 14.2 Å². The zero-order valence-corrected chi connectivity index (χ0v) is 13.9. The topological polar surface area (TPSA) is 71.1 Å². The van der Waals surface area contributed by atoms with Crippen LogP contribution in [0.3, 0.4) is 0 Å². The molecule has 0 aromatic heterocycles. The molecule has 2 atom stereocenters. The van der Waals surface area contributed by atoms with E-state index in [4.69, 9.17) is 18.9 Å². The van der Waals surface area contributed by atoms with Crippen molar-refractivity contribution in [3.05, 3.63) is 35.9 Å². The molecule has 0 amide bonds. The van der Waals surface area contributed by atoms with Crippen LogP contribution in [0, 0.1) is 0 Å². The van der Waals surface area contributed by atoms with Gasteiger partial charge in [0.15, 0.2) is 18.0 Å². The summed E-state index contributed by atoms with van der Waals surface area (Å²) in [6.45, 7) is 0. The average molecular weight is 334 g/mol. The monoisotopic (exact) mass is 334 g/mol. The minimum Gasteiger partial charge on any atom is -0.467 e. The van der Waals surface area contributed by atoms with E-state index >= 15 is 0 Å². The second-order valence-electron chi connectivity index (χ2n) is 6.22. The number of esters is 2. The summed E-state index contributed by atoms with van der Waals surface area (Å²) in [4.78, 5) is 23.8. The van der Waals surface area contributed by atoms with Gasteiger partial charge in [-0.3, -0.25) is 0 Å². The van der Waals surface area contributed by atoms with E-state index in [0.717, 1.165) is 12.8 Å². The molecular weight excluding hydrogens is 312 g/mol. The van der Waals surface area contributed by atoms with Crippen LogP contribution in [-0.2, 0) is 28.5 Å². The molecule has 2 fully saturated rings. The third-order valence-electron chi connectivity index (χ3n) is 4.84. The fourth-order valence-electron chi connectivity index (χ4n) is 3.54. The van der Waals surface area contributed by atoms with E-state index in [2.05, 4.69) is 12.1 Å². The first kappa shape index (κ1) is 16.9. The first-order valence-corrected chi connectivity index (χ1v) is 8.15. The molecule has 1 aromatic rings. The van der Waals surface area contributed by atoms with Crippen LogP contribution in [0.5, 0.6) is 0 Å². The first-order valence-electron chi connectivity index (χ1n) is 8.15. The maximum atomic E-state index is 11.9. The highest BCUT2D eigenvalue weighted by Gasteiger charge is 2.55. The van der Waals surface area contributed by atoms with Crippen molar-refractivity contribution in [1.29, 1.82) is 0 Å². The first-order chi connectivity index (χ1) is 11.6. The fraction of sp³-hybridized carbons (Fsp3) is 0.556. The Hall–Kier alpha value is -1.92. The van der Waals surface area contributed by atoms with Gasteiger partial charge >= 0.3 is 11.9 Å². The number of methoxy groups -OCH3 is 2. The Balaban J connectivity index is 1.71. The summed E-state index contributed by atoms with van der Waals surface area (Å²) in [5.41, 5.74) is 1.29. The van der Waals surface area contributed by atoms with Crippen molar-refractivity contribution in [3.8, 4) is 0 Å². The number of benzene rings is 1. The van der Waals surface area contributed by atoms with Crippen LogP contribution in [0.25, 0.3) is 0 Å². The van der Waals surface area contributed by atoms with Gasteiger partial charge in [-0.15, -0.1) is 0 Å². The normalized spacial score (nSPS) is 26.2. The van der Waals surface area contributed by atoms with Crippen LogP contribution in [-0.4, -0.2) is 44.2 Å². The third kappa shape index (κ3) is 3.16. The SMILES string of the molecule is COC(=O)[C@@H]1OC2(CCC(c3ccccc3)CC2)O[C@H]1C(=O)OC. The zero-order chi connectivity index (χ0) is 17.2. The number of carbonyl (C=O) groups is 2. The molecule has 1 saturated heterocycles. The van der Waals surface area contributed by atoms with Gasteiger partial charge < -0.3 is 18.9 Å². The Bertz CT molecular complexity index is 565. The molecule has 0 unspecified atom stereocenters. The lowest BCUT2D eigenvalue weighted by Crippen LogP contribution is -2.38. The molecular formula is C18H22O6. The molecule has 1 aromatic carbocycles. The van der Waals surface area contributed by atoms with Gasteiger partial charge in [0.05, 0.1) is 14.2 Å². The highest BCUT2D eigenvalue weighted by molar-refractivity contribution is 5.86. The predicted molar refractivity (Wildman–Crippen MR) is 84.2 cm³/mol. The van der Waals surface area contributed by atoms with Crippen LogP contribution >= 0.6 is 0 Å². The van der Waals surface area contributed by atoms with Gasteiger partial charge in [-0.25, -0.2) is 9.59 Å². The van der Waals surface area contributed by atoms with Crippen molar-refractivity contribution in [2.45, 2.75) is 49.6 Å². The van der Waals surface area contributed by atoms with E-state index in [9.17, 15) is 9.59 Å². The van der Waals surface area contributed by atoms with Gasteiger partial charge in [-0.05, 0) is 24.3 Å². The van der Waals surface area contributed by atoms with E-state index < -0.39 is 29.9 Å².